The average Bonchev–Trinajstić information content (AvgIpc) is 2.91. The summed E-state index contributed by atoms with van der Waals surface area (Å²) in [6.45, 7) is 20.2. The van der Waals surface area contributed by atoms with Crippen LogP contribution in [0.2, 0.25) is 0 Å². The van der Waals surface area contributed by atoms with Gasteiger partial charge in [0.2, 0.25) is 5.79 Å². The van der Waals surface area contributed by atoms with Crippen LogP contribution in [0.15, 0.2) is 72.8 Å². The van der Waals surface area contributed by atoms with Crippen LogP contribution in [0.1, 0.15) is 93.6 Å². The quantitative estimate of drug-likeness (QED) is 0.362. The molecule has 34 heavy (non-hydrogen) atoms. The molecule has 0 bridgehead atoms. The lowest BCUT2D eigenvalue weighted by Crippen LogP contribution is -2.45. The lowest BCUT2D eigenvalue weighted by Gasteiger charge is -2.42. The summed E-state index contributed by atoms with van der Waals surface area (Å²) in [6.07, 6.45) is 0. The van der Waals surface area contributed by atoms with Crippen molar-refractivity contribution in [3.63, 3.8) is 0 Å². The third-order valence-corrected chi connectivity index (χ3v) is 5.01. The van der Waals surface area contributed by atoms with E-state index >= 15 is 0 Å². The molecule has 3 aromatic rings. The summed E-state index contributed by atoms with van der Waals surface area (Å²) >= 11 is 0. The number of rotatable bonds is 4. The maximum absolute atomic E-state index is 13.1. The molecule has 1 saturated heterocycles. The van der Waals surface area contributed by atoms with E-state index in [-0.39, 0.29) is 12.6 Å². The Morgan fingerprint density at radius 2 is 1.15 bits per heavy atom. The van der Waals surface area contributed by atoms with Crippen molar-refractivity contribution < 1.29 is 14.3 Å². The van der Waals surface area contributed by atoms with Gasteiger partial charge in [-0.15, -0.1) is 0 Å². The minimum atomic E-state index is -0.939. The number of hydrogen-bond acceptors (Lipinski definition) is 3. The number of ether oxygens (including phenoxy) is 2. The van der Waals surface area contributed by atoms with Crippen LogP contribution in [-0.2, 0) is 15.3 Å². The smallest absolute Gasteiger partial charge is 0.226 e. The number of benzene rings is 3. The number of carbonyl (C=O) groups is 1. The van der Waals surface area contributed by atoms with E-state index in [0.717, 1.165) is 22.3 Å². The second kappa shape index (κ2) is 16.8. The summed E-state index contributed by atoms with van der Waals surface area (Å²) in [5.74, 6) is -0.929. The fraction of sp³-hybridized carbons (Fsp3) is 0.387. The van der Waals surface area contributed by atoms with E-state index in [1.54, 1.807) is 0 Å². The summed E-state index contributed by atoms with van der Waals surface area (Å²) < 4.78 is 11.8. The highest BCUT2D eigenvalue weighted by molar-refractivity contribution is 6.10. The summed E-state index contributed by atoms with van der Waals surface area (Å²) in [5, 5.41) is 0. The van der Waals surface area contributed by atoms with E-state index < -0.39 is 5.79 Å². The van der Waals surface area contributed by atoms with Crippen LogP contribution in [0.4, 0.5) is 0 Å². The van der Waals surface area contributed by atoms with Crippen LogP contribution >= 0.6 is 0 Å². The van der Waals surface area contributed by atoms with Crippen molar-refractivity contribution in [2.75, 3.05) is 6.79 Å². The highest BCUT2D eigenvalue weighted by atomic mass is 16.9. The van der Waals surface area contributed by atoms with Crippen LogP contribution in [0, 0.1) is 13.8 Å². The molecular formula is C31H44O3. The third kappa shape index (κ3) is 7.12. The monoisotopic (exact) mass is 464 g/mol. The Morgan fingerprint density at radius 3 is 1.59 bits per heavy atom. The van der Waals surface area contributed by atoms with Gasteiger partial charge in [0.05, 0.1) is 0 Å². The molecule has 0 saturated carbocycles. The topological polar surface area (TPSA) is 35.5 Å². The fourth-order valence-electron chi connectivity index (χ4n) is 3.36. The molecule has 1 aliphatic heterocycles. The van der Waals surface area contributed by atoms with Crippen molar-refractivity contribution in [3.05, 3.63) is 106 Å². The lowest BCUT2D eigenvalue weighted by molar-refractivity contribution is -0.386. The molecule has 0 aromatic heterocycles. The van der Waals surface area contributed by atoms with Gasteiger partial charge in [-0.1, -0.05) is 122 Å². The van der Waals surface area contributed by atoms with Crippen molar-refractivity contribution in [2.45, 2.75) is 75.0 Å². The minimum absolute atomic E-state index is 0.00980. The van der Waals surface area contributed by atoms with Crippen LogP contribution in [-0.4, -0.2) is 12.6 Å². The predicted octanol–water partition coefficient (Wildman–Crippen LogP) is 8.84. The SMILES string of the molecule is CC.CC.CC.CC.Cc1cc(C2(c3ccccc3)OCO2)cc(C(=O)c2ccccc2)c1C. The normalized spacial score (nSPS) is 12.4. The third-order valence-electron chi connectivity index (χ3n) is 5.01. The van der Waals surface area contributed by atoms with Crippen molar-refractivity contribution in [2.24, 2.45) is 0 Å². The first kappa shape index (κ1) is 31.2. The van der Waals surface area contributed by atoms with Crippen LogP contribution in [0.5, 0.6) is 0 Å². The molecule has 1 fully saturated rings. The van der Waals surface area contributed by atoms with Gasteiger partial charge in [0.25, 0.3) is 0 Å². The van der Waals surface area contributed by atoms with Crippen LogP contribution in [0.3, 0.4) is 0 Å². The van der Waals surface area contributed by atoms with Crippen molar-refractivity contribution >= 4 is 5.78 Å². The van der Waals surface area contributed by atoms with E-state index in [0.29, 0.717) is 11.1 Å². The molecule has 0 radical (unpaired) electrons. The van der Waals surface area contributed by atoms with Crippen LogP contribution < -0.4 is 0 Å². The minimum Gasteiger partial charge on any atom is -0.315 e. The number of ketones is 1. The number of aryl methyl sites for hydroxylation is 1. The van der Waals surface area contributed by atoms with Gasteiger partial charge in [0.1, 0.15) is 0 Å². The Hall–Kier alpha value is -2.75. The summed E-state index contributed by atoms with van der Waals surface area (Å²) in [7, 11) is 0. The Balaban J connectivity index is 0.00000124. The predicted molar refractivity (Wildman–Crippen MR) is 145 cm³/mol. The molecule has 186 valence electrons. The van der Waals surface area contributed by atoms with Gasteiger partial charge in [0.15, 0.2) is 12.6 Å². The average molecular weight is 465 g/mol. The van der Waals surface area contributed by atoms with E-state index in [9.17, 15) is 4.79 Å². The van der Waals surface area contributed by atoms with Crippen LogP contribution in [0.25, 0.3) is 0 Å². The van der Waals surface area contributed by atoms with Gasteiger partial charge < -0.3 is 9.47 Å². The zero-order valence-electron chi connectivity index (χ0n) is 22.9. The summed E-state index contributed by atoms with van der Waals surface area (Å²) in [6, 6.07) is 23.1. The molecule has 0 spiro atoms. The first-order valence-corrected chi connectivity index (χ1v) is 12.7. The van der Waals surface area contributed by atoms with Gasteiger partial charge in [-0.3, -0.25) is 4.79 Å². The zero-order valence-corrected chi connectivity index (χ0v) is 22.9. The highest BCUT2D eigenvalue weighted by Gasteiger charge is 2.44. The first-order valence-electron chi connectivity index (χ1n) is 12.7. The summed E-state index contributed by atoms with van der Waals surface area (Å²) in [5.41, 5.74) is 5.14. The second-order valence-corrected chi connectivity index (χ2v) is 6.55. The molecule has 1 heterocycles. The molecule has 3 nitrogen and oxygen atoms in total. The van der Waals surface area contributed by atoms with E-state index in [4.69, 9.17) is 9.47 Å². The van der Waals surface area contributed by atoms with Gasteiger partial charge in [-0.2, -0.15) is 0 Å². The Morgan fingerprint density at radius 1 is 0.676 bits per heavy atom. The zero-order chi connectivity index (χ0) is 26.1. The molecule has 0 amide bonds. The summed E-state index contributed by atoms with van der Waals surface area (Å²) in [4.78, 5) is 13.1. The second-order valence-electron chi connectivity index (χ2n) is 6.55. The molecule has 0 aliphatic carbocycles. The fourth-order valence-corrected chi connectivity index (χ4v) is 3.36. The molecule has 0 atom stereocenters. The molecule has 3 heteroatoms. The van der Waals surface area contributed by atoms with Gasteiger partial charge in [0, 0.05) is 22.3 Å². The molecule has 4 rings (SSSR count). The Labute approximate surface area is 208 Å². The lowest BCUT2D eigenvalue weighted by atomic mass is 9.88. The highest BCUT2D eigenvalue weighted by Crippen LogP contribution is 2.42. The van der Waals surface area contributed by atoms with Crippen molar-refractivity contribution in [1.82, 2.24) is 0 Å². The first-order chi connectivity index (χ1) is 16.6. The maximum atomic E-state index is 13.1. The van der Waals surface area contributed by atoms with Gasteiger partial charge in [-0.25, -0.2) is 0 Å². The largest absolute Gasteiger partial charge is 0.315 e. The standard InChI is InChI=1S/C23H20O3.4C2H6/c1-16-13-20(23(25-15-26-23)19-11-7-4-8-12-19)14-21(17(16)2)22(24)18-9-5-3-6-10-18;4*1-2/h3-14H,15H2,1-2H3;4*1-2H3. The molecule has 0 unspecified atom stereocenters. The number of carbonyl (C=O) groups excluding carboxylic acids is 1. The molecule has 0 N–H and O–H groups in total. The van der Waals surface area contributed by atoms with Crippen molar-refractivity contribution in [1.29, 1.82) is 0 Å². The molecule has 3 aromatic carbocycles. The number of hydrogen-bond donors (Lipinski definition) is 0. The van der Waals surface area contributed by atoms with Crippen molar-refractivity contribution in [3.8, 4) is 0 Å². The Bertz CT molecular complexity index is 943. The van der Waals surface area contributed by atoms with E-state index in [1.807, 2.05) is 142 Å². The van der Waals surface area contributed by atoms with Gasteiger partial charge >= 0.3 is 0 Å². The Kier molecular flexibility index (Phi) is 15.4. The van der Waals surface area contributed by atoms with E-state index in [1.165, 1.54) is 0 Å². The molecular weight excluding hydrogens is 420 g/mol. The maximum Gasteiger partial charge on any atom is 0.226 e. The van der Waals surface area contributed by atoms with Gasteiger partial charge in [-0.05, 0) is 31.0 Å². The molecule has 1 aliphatic rings. The van der Waals surface area contributed by atoms with E-state index in [2.05, 4.69) is 0 Å².